The Morgan fingerprint density at radius 2 is 1.68 bits per heavy atom. The highest BCUT2D eigenvalue weighted by Gasteiger charge is 2.12. The Bertz CT molecular complexity index is 772. The average molecular weight is 340 g/mol. The van der Waals surface area contributed by atoms with Crippen LogP contribution in [0.2, 0.25) is 0 Å². The van der Waals surface area contributed by atoms with E-state index in [2.05, 4.69) is 15.6 Å². The molecule has 1 heterocycles. The fourth-order valence-electron chi connectivity index (χ4n) is 2.19. The minimum Gasteiger partial charge on any atom is -0.349 e. The first-order valence-electron chi connectivity index (χ1n) is 8.15. The van der Waals surface area contributed by atoms with Crippen molar-refractivity contribution in [2.24, 2.45) is 0 Å². The molecule has 1 aromatic carbocycles. The van der Waals surface area contributed by atoms with Gasteiger partial charge in [-0.2, -0.15) is 0 Å². The van der Waals surface area contributed by atoms with Gasteiger partial charge >= 0.3 is 0 Å². The molecule has 6 nitrogen and oxygen atoms in total. The third-order valence-electron chi connectivity index (χ3n) is 3.82. The van der Waals surface area contributed by atoms with Crippen LogP contribution in [0.5, 0.6) is 0 Å². The van der Waals surface area contributed by atoms with Gasteiger partial charge in [0.15, 0.2) is 0 Å². The molecule has 25 heavy (non-hydrogen) atoms. The standard InChI is InChI=1S/C19H24N4O2/c1-13-8-9-15(12-14(13)2)21-19(25)17-7-5-6-16(22-17)18(24)20-10-11-23(3)4/h5-9,12H,10-11H2,1-4H3,(H,20,24)(H,21,25). The number of carbonyl (C=O) groups is 2. The maximum absolute atomic E-state index is 12.4. The number of hydrogen-bond donors (Lipinski definition) is 2. The Hall–Kier alpha value is -2.73. The van der Waals surface area contributed by atoms with Crippen molar-refractivity contribution >= 4 is 17.5 Å². The number of aryl methyl sites for hydroxylation is 2. The van der Waals surface area contributed by atoms with E-state index >= 15 is 0 Å². The lowest BCUT2D eigenvalue weighted by Crippen LogP contribution is -2.32. The van der Waals surface area contributed by atoms with Crippen molar-refractivity contribution < 1.29 is 9.59 Å². The molecule has 0 radical (unpaired) electrons. The van der Waals surface area contributed by atoms with Crippen LogP contribution >= 0.6 is 0 Å². The van der Waals surface area contributed by atoms with Crippen molar-refractivity contribution in [3.63, 3.8) is 0 Å². The summed E-state index contributed by atoms with van der Waals surface area (Å²) in [6.45, 7) is 5.26. The molecule has 1 aromatic heterocycles. The summed E-state index contributed by atoms with van der Waals surface area (Å²) in [5.41, 5.74) is 3.40. The number of anilines is 1. The third-order valence-corrected chi connectivity index (χ3v) is 3.82. The molecule has 132 valence electrons. The van der Waals surface area contributed by atoms with Crippen LogP contribution in [0.25, 0.3) is 0 Å². The summed E-state index contributed by atoms with van der Waals surface area (Å²) in [5.74, 6) is -0.631. The van der Waals surface area contributed by atoms with Crippen molar-refractivity contribution in [3.05, 3.63) is 58.9 Å². The molecule has 2 amide bonds. The van der Waals surface area contributed by atoms with Gasteiger partial charge in [-0.15, -0.1) is 0 Å². The Kier molecular flexibility index (Phi) is 6.25. The van der Waals surface area contributed by atoms with Gasteiger partial charge in [-0.05, 0) is 63.3 Å². The number of likely N-dealkylation sites (N-methyl/N-ethyl adjacent to an activating group) is 1. The van der Waals surface area contributed by atoms with E-state index in [1.807, 2.05) is 51.0 Å². The summed E-state index contributed by atoms with van der Waals surface area (Å²) in [5, 5.41) is 5.60. The van der Waals surface area contributed by atoms with E-state index in [-0.39, 0.29) is 23.2 Å². The zero-order valence-electron chi connectivity index (χ0n) is 15.1. The maximum Gasteiger partial charge on any atom is 0.274 e. The molecule has 0 saturated carbocycles. The Balaban J connectivity index is 2.05. The highest BCUT2D eigenvalue weighted by molar-refractivity contribution is 6.03. The molecule has 2 rings (SSSR count). The fourth-order valence-corrected chi connectivity index (χ4v) is 2.19. The Labute approximate surface area is 148 Å². The molecule has 6 heteroatoms. The Morgan fingerprint density at radius 3 is 2.32 bits per heavy atom. The van der Waals surface area contributed by atoms with Gasteiger partial charge in [0.25, 0.3) is 11.8 Å². The van der Waals surface area contributed by atoms with E-state index < -0.39 is 0 Å². The monoisotopic (exact) mass is 340 g/mol. The van der Waals surface area contributed by atoms with Crippen molar-refractivity contribution in [1.29, 1.82) is 0 Å². The first-order valence-corrected chi connectivity index (χ1v) is 8.15. The van der Waals surface area contributed by atoms with Crippen LogP contribution in [-0.4, -0.2) is 48.9 Å². The molecule has 0 aliphatic rings. The molecule has 0 aliphatic carbocycles. The molecule has 0 atom stereocenters. The molecular weight excluding hydrogens is 316 g/mol. The molecule has 0 fully saturated rings. The highest BCUT2D eigenvalue weighted by Crippen LogP contribution is 2.15. The zero-order valence-corrected chi connectivity index (χ0v) is 15.1. The lowest BCUT2D eigenvalue weighted by Gasteiger charge is -2.11. The summed E-state index contributed by atoms with van der Waals surface area (Å²) in [7, 11) is 3.87. The number of carbonyl (C=O) groups excluding carboxylic acids is 2. The predicted octanol–water partition coefficient (Wildman–Crippen LogP) is 2.24. The molecular formula is C19H24N4O2. The van der Waals surface area contributed by atoms with E-state index in [9.17, 15) is 9.59 Å². The van der Waals surface area contributed by atoms with Crippen LogP contribution < -0.4 is 10.6 Å². The molecule has 0 aliphatic heterocycles. The number of hydrogen-bond acceptors (Lipinski definition) is 4. The molecule has 0 saturated heterocycles. The third kappa shape index (κ3) is 5.39. The van der Waals surface area contributed by atoms with Gasteiger partial charge in [-0.3, -0.25) is 9.59 Å². The van der Waals surface area contributed by atoms with Crippen molar-refractivity contribution in [2.45, 2.75) is 13.8 Å². The summed E-state index contributed by atoms with van der Waals surface area (Å²) >= 11 is 0. The van der Waals surface area contributed by atoms with Gasteiger partial charge in [0.2, 0.25) is 0 Å². The van der Waals surface area contributed by atoms with E-state index in [4.69, 9.17) is 0 Å². The second-order valence-electron chi connectivity index (χ2n) is 6.22. The number of rotatable bonds is 6. The number of pyridine rings is 1. The van der Waals surface area contributed by atoms with Crippen LogP contribution in [0, 0.1) is 13.8 Å². The van der Waals surface area contributed by atoms with Gasteiger partial charge in [0.05, 0.1) is 0 Å². The van der Waals surface area contributed by atoms with Gasteiger partial charge in [0, 0.05) is 18.8 Å². The first-order chi connectivity index (χ1) is 11.9. The number of amides is 2. The van der Waals surface area contributed by atoms with Gasteiger partial charge in [0.1, 0.15) is 11.4 Å². The quantitative estimate of drug-likeness (QED) is 0.846. The molecule has 0 spiro atoms. The van der Waals surface area contributed by atoms with Gasteiger partial charge in [-0.1, -0.05) is 12.1 Å². The van der Waals surface area contributed by atoms with Crippen molar-refractivity contribution in [2.75, 3.05) is 32.5 Å². The van der Waals surface area contributed by atoms with E-state index in [1.165, 1.54) is 0 Å². The zero-order chi connectivity index (χ0) is 18.4. The number of aromatic nitrogens is 1. The highest BCUT2D eigenvalue weighted by atomic mass is 16.2. The van der Waals surface area contributed by atoms with E-state index in [1.54, 1.807) is 18.2 Å². The first kappa shape index (κ1) is 18.6. The molecule has 2 aromatic rings. The average Bonchev–Trinajstić information content (AvgIpc) is 2.58. The summed E-state index contributed by atoms with van der Waals surface area (Å²) < 4.78 is 0. The van der Waals surface area contributed by atoms with Crippen molar-refractivity contribution in [3.8, 4) is 0 Å². The minimum absolute atomic E-state index is 0.207. The smallest absolute Gasteiger partial charge is 0.274 e. The van der Waals surface area contributed by atoms with Crippen LogP contribution in [0.3, 0.4) is 0 Å². The van der Waals surface area contributed by atoms with Gasteiger partial charge < -0.3 is 15.5 Å². The van der Waals surface area contributed by atoms with E-state index in [0.29, 0.717) is 12.2 Å². The summed E-state index contributed by atoms with van der Waals surface area (Å²) in [6, 6.07) is 10.5. The minimum atomic E-state index is -0.341. The number of nitrogens with one attached hydrogen (secondary N) is 2. The van der Waals surface area contributed by atoms with Crippen LogP contribution in [-0.2, 0) is 0 Å². The molecule has 2 N–H and O–H groups in total. The largest absolute Gasteiger partial charge is 0.349 e. The summed E-state index contributed by atoms with van der Waals surface area (Å²) in [6.07, 6.45) is 0. The topological polar surface area (TPSA) is 74.3 Å². The van der Waals surface area contributed by atoms with Crippen molar-refractivity contribution in [1.82, 2.24) is 15.2 Å². The Morgan fingerprint density at radius 1 is 1.00 bits per heavy atom. The lowest BCUT2D eigenvalue weighted by molar-refractivity contribution is 0.0946. The maximum atomic E-state index is 12.4. The lowest BCUT2D eigenvalue weighted by atomic mass is 10.1. The molecule has 0 bridgehead atoms. The summed E-state index contributed by atoms with van der Waals surface area (Å²) in [4.78, 5) is 30.6. The number of nitrogens with zero attached hydrogens (tertiary/aromatic N) is 2. The second kappa shape index (κ2) is 8.39. The normalized spacial score (nSPS) is 10.6. The SMILES string of the molecule is Cc1ccc(NC(=O)c2cccc(C(=O)NCCN(C)C)n2)cc1C. The van der Waals surface area contributed by atoms with Gasteiger partial charge in [-0.25, -0.2) is 4.98 Å². The fraction of sp³-hybridized carbons (Fsp3) is 0.316. The van der Waals surface area contributed by atoms with E-state index in [0.717, 1.165) is 17.7 Å². The van der Waals surface area contributed by atoms with Crippen LogP contribution in [0.4, 0.5) is 5.69 Å². The second-order valence-corrected chi connectivity index (χ2v) is 6.22. The van der Waals surface area contributed by atoms with Crippen LogP contribution in [0.15, 0.2) is 36.4 Å². The molecule has 0 unspecified atom stereocenters. The predicted molar refractivity (Wildman–Crippen MR) is 99.0 cm³/mol. The van der Waals surface area contributed by atoms with Crippen LogP contribution in [0.1, 0.15) is 32.1 Å². The number of benzene rings is 1.